The normalized spacial score (nSPS) is 21.4. The van der Waals surface area contributed by atoms with Crippen molar-refractivity contribution in [1.29, 1.82) is 0 Å². The lowest BCUT2D eigenvalue weighted by Crippen LogP contribution is -2.38. The van der Waals surface area contributed by atoms with E-state index in [4.69, 9.17) is 11.6 Å². The molecule has 5 nitrogen and oxygen atoms in total. The summed E-state index contributed by atoms with van der Waals surface area (Å²) in [5.41, 5.74) is -0.292. The Kier molecular flexibility index (Phi) is 4.98. The fourth-order valence-corrected chi connectivity index (χ4v) is 3.35. The largest absolute Gasteiger partial charge is 0.481 e. The second-order valence-electron chi connectivity index (χ2n) is 5.16. The third-order valence-electron chi connectivity index (χ3n) is 3.94. The highest BCUT2D eigenvalue weighted by Crippen LogP contribution is 2.34. The number of nitrogens with one attached hydrogen (secondary N) is 1. The Hall–Kier alpha value is -1.02. The molecule has 0 spiro atoms. The molecule has 1 atom stereocenters. The van der Waals surface area contributed by atoms with Crippen molar-refractivity contribution in [3.63, 3.8) is 0 Å². The van der Waals surface area contributed by atoms with Crippen molar-refractivity contribution in [3.05, 3.63) is 26.8 Å². The van der Waals surface area contributed by atoms with Gasteiger partial charge in [0, 0.05) is 16.7 Å². The first-order chi connectivity index (χ1) is 9.88. The van der Waals surface area contributed by atoms with Gasteiger partial charge in [0.05, 0.1) is 16.1 Å². The smallest absolute Gasteiger partial charge is 0.321 e. The van der Waals surface area contributed by atoms with Crippen molar-refractivity contribution in [2.24, 2.45) is 5.41 Å². The molecular formula is C14H16ClIN2O3. The number of rotatable bonds is 3. The highest BCUT2D eigenvalue weighted by Gasteiger charge is 2.44. The number of carbonyl (C=O) groups is 2. The Bertz CT molecular complexity index is 581. The van der Waals surface area contributed by atoms with E-state index in [1.807, 2.05) is 13.0 Å². The summed E-state index contributed by atoms with van der Waals surface area (Å²) in [5.74, 6) is -0.840. The molecular weight excluding hydrogens is 407 g/mol. The minimum Gasteiger partial charge on any atom is -0.481 e. The van der Waals surface area contributed by atoms with Gasteiger partial charge in [-0.3, -0.25) is 4.79 Å². The molecule has 2 rings (SSSR count). The van der Waals surface area contributed by atoms with E-state index >= 15 is 0 Å². The molecule has 21 heavy (non-hydrogen) atoms. The summed E-state index contributed by atoms with van der Waals surface area (Å²) in [4.78, 5) is 25.2. The molecule has 2 amide bonds. The standard InChI is InChI=1S/C14H16ClIN2O3/c1-2-14(12(19)20)5-6-18(8-14)13(21)17-11-4-3-9(16)7-10(11)15/h3-4,7H,2,5-6,8H2,1H3,(H,17,21)(H,19,20). The Balaban J connectivity index is 2.07. The van der Waals surface area contributed by atoms with Gasteiger partial charge in [-0.2, -0.15) is 0 Å². The zero-order valence-electron chi connectivity index (χ0n) is 11.5. The molecule has 1 heterocycles. The molecule has 1 fully saturated rings. The van der Waals surface area contributed by atoms with Crippen LogP contribution in [0.3, 0.4) is 0 Å². The molecule has 114 valence electrons. The van der Waals surface area contributed by atoms with Gasteiger partial charge in [0.25, 0.3) is 0 Å². The van der Waals surface area contributed by atoms with Gasteiger partial charge in [0.2, 0.25) is 0 Å². The van der Waals surface area contributed by atoms with Crippen molar-refractivity contribution in [2.45, 2.75) is 19.8 Å². The first-order valence-electron chi connectivity index (χ1n) is 6.62. The lowest BCUT2D eigenvalue weighted by molar-refractivity contribution is -0.148. The lowest BCUT2D eigenvalue weighted by Gasteiger charge is -2.23. The maximum atomic E-state index is 12.2. The number of anilines is 1. The van der Waals surface area contributed by atoms with Crippen LogP contribution in [0.2, 0.25) is 5.02 Å². The zero-order valence-corrected chi connectivity index (χ0v) is 14.4. The zero-order chi connectivity index (χ0) is 15.6. The average Bonchev–Trinajstić information content (AvgIpc) is 2.88. The molecule has 1 aliphatic rings. The second-order valence-corrected chi connectivity index (χ2v) is 6.82. The van der Waals surface area contributed by atoms with Gasteiger partial charge in [-0.05, 0) is 53.6 Å². The van der Waals surface area contributed by atoms with Gasteiger partial charge in [-0.15, -0.1) is 0 Å². The number of hydrogen-bond donors (Lipinski definition) is 2. The Morgan fingerprint density at radius 1 is 1.52 bits per heavy atom. The predicted molar refractivity (Wildman–Crippen MR) is 89.7 cm³/mol. The van der Waals surface area contributed by atoms with Crippen LogP contribution in [0.25, 0.3) is 0 Å². The van der Waals surface area contributed by atoms with Gasteiger partial charge in [0.1, 0.15) is 0 Å². The Labute approximate surface area is 141 Å². The van der Waals surface area contributed by atoms with Gasteiger partial charge in [-0.1, -0.05) is 18.5 Å². The molecule has 7 heteroatoms. The second kappa shape index (κ2) is 6.39. The number of benzene rings is 1. The van der Waals surface area contributed by atoms with Gasteiger partial charge in [-0.25, -0.2) is 4.79 Å². The number of halogens is 2. The van der Waals surface area contributed by atoms with Crippen molar-refractivity contribution in [2.75, 3.05) is 18.4 Å². The summed E-state index contributed by atoms with van der Waals surface area (Å²) in [6.07, 6.45) is 0.989. The number of aliphatic carboxylic acids is 1. The van der Waals surface area contributed by atoms with E-state index in [1.54, 1.807) is 12.1 Å². The molecule has 0 bridgehead atoms. The quantitative estimate of drug-likeness (QED) is 0.730. The number of likely N-dealkylation sites (tertiary alicyclic amines) is 1. The molecule has 1 aromatic carbocycles. The highest BCUT2D eigenvalue weighted by molar-refractivity contribution is 14.1. The summed E-state index contributed by atoms with van der Waals surface area (Å²) in [6, 6.07) is 5.03. The number of hydrogen-bond acceptors (Lipinski definition) is 2. The molecule has 2 N–H and O–H groups in total. The molecule has 1 aromatic rings. The molecule has 1 saturated heterocycles. The van der Waals surface area contributed by atoms with Crippen molar-refractivity contribution in [1.82, 2.24) is 4.90 Å². The van der Waals surface area contributed by atoms with Crippen LogP contribution >= 0.6 is 34.2 Å². The van der Waals surface area contributed by atoms with Crippen LogP contribution in [-0.2, 0) is 4.79 Å². The predicted octanol–water partition coefficient (Wildman–Crippen LogP) is 3.66. The molecule has 0 aliphatic carbocycles. The Morgan fingerprint density at radius 3 is 2.76 bits per heavy atom. The van der Waals surface area contributed by atoms with Crippen LogP contribution in [0.4, 0.5) is 10.5 Å². The molecule has 0 saturated carbocycles. The van der Waals surface area contributed by atoms with Crippen LogP contribution in [0, 0.1) is 8.99 Å². The highest BCUT2D eigenvalue weighted by atomic mass is 127. The van der Waals surface area contributed by atoms with Crippen molar-refractivity contribution >= 4 is 51.9 Å². The number of carboxylic acid groups (broad SMARTS) is 1. The average molecular weight is 423 g/mol. The number of carbonyl (C=O) groups excluding carboxylic acids is 1. The van der Waals surface area contributed by atoms with Gasteiger partial charge < -0.3 is 15.3 Å². The number of amides is 2. The summed E-state index contributed by atoms with van der Waals surface area (Å²) in [7, 11) is 0. The summed E-state index contributed by atoms with van der Waals surface area (Å²) < 4.78 is 0.979. The molecule has 0 radical (unpaired) electrons. The third kappa shape index (κ3) is 3.42. The topological polar surface area (TPSA) is 69.6 Å². The van der Waals surface area contributed by atoms with E-state index in [-0.39, 0.29) is 12.6 Å². The molecule has 0 aromatic heterocycles. The number of carboxylic acids is 1. The Morgan fingerprint density at radius 2 is 2.24 bits per heavy atom. The fraction of sp³-hybridized carbons (Fsp3) is 0.429. The first-order valence-corrected chi connectivity index (χ1v) is 8.08. The van der Waals surface area contributed by atoms with E-state index in [9.17, 15) is 14.7 Å². The number of nitrogens with zero attached hydrogens (tertiary/aromatic N) is 1. The minimum atomic E-state index is -0.840. The van der Waals surface area contributed by atoms with Gasteiger partial charge >= 0.3 is 12.0 Å². The van der Waals surface area contributed by atoms with Crippen LogP contribution in [0.15, 0.2) is 18.2 Å². The monoisotopic (exact) mass is 422 g/mol. The van der Waals surface area contributed by atoms with Crippen LogP contribution in [0.5, 0.6) is 0 Å². The van der Waals surface area contributed by atoms with Crippen LogP contribution in [-0.4, -0.2) is 35.1 Å². The molecule has 1 unspecified atom stereocenters. The summed E-state index contributed by atoms with van der Waals surface area (Å²) in [6.45, 7) is 2.51. The van der Waals surface area contributed by atoms with Crippen molar-refractivity contribution < 1.29 is 14.7 Å². The fourth-order valence-electron chi connectivity index (χ4n) is 2.45. The maximum Gasteiger partial charge on any atom is 0.321 e. The first kappa shape index (κ1) is 16.4. The van der Waals surface area contributed by atoms with Crippen LogP contribution < -0.4 is 5.32 Å². The maximum absolute atomic E-state index is 12.2. The summed E-state index contributed by atoms with van der Waals surface area (Å²) in [5, 5.41) is 12.6. The van der Waals surface area contributed by atoms with E-state index in [0.29, 0.717) is 30.1 Å². The third-order valence-corrected chi connectivity index (χ3v) is 4.93. The van der Waals surface area contributed by atoms with Crippen LogP contribution in [0.1, 0.15) is 19.8 Å². The van der Waals surface area contributed by atoms with Crippen molar-refractivity contribution in [3.8, 4) is 0 Å². The van der Waals surface area contributed by atoms with E-state index < -0.39 is 11.4 Å². The van der Waals surface area contributed by atoms with E-state index in [1.165, 1.54) is 4.90 Å². The number of urea groups is 1. The lowest BCUT2D eigenvalue weighted by atomic mass is 9.84. The van der Waals surface area contributed by atoms with Gasteiger partial charge in [0.15, 0.2) is 0 Å². The SMILES string of the molecule is CCC1(C(=O)O)CCN(C(=O)Nc2ccc(I)cc2Cl)C1. The minimum absolute atomic E-state index is 0.229. The summed E-state index contributed by atoms with van der Waals surface area (Å²) >= 11 is 8.22. The molecule has 1 aliphatic heterocycles. The van der Waals surface area contributed by atoms with E-state index in [2.05, 4.69) is 27.9 Å². The van der Waals surface area contributed by atoms with E-state index in [0.717, 1.165) is 3.57 Å².